The van der Waals surface area contributed by atoms with Gasteiger partial charge < -0.3 is 10.6 Å². The average molecular weight is 212 g/mol. The third-order valence-electron chi connectivity index (χ3n) is 3.17. The molecule has 0 saturated heterocycles. The summed E-state index contributed by atoms with van der Waals surface area (Å²) in [5.41, 5.74) is 0. The lowest BCUT2D eigenvalue weighted by Crippen LogP contribution is -2.48. The van der Waals surface area contributed by atoms with Crippen LogP contribution in [0.1, 0.15) is 52.9 Å². The van der Waals surface area contributed by atoms with Crippen LogP contribution in [-0.2, 0) is 0 Å². The average Bonchev–Trinajstić information content (AvgIpc) is 2.17. The molecule has 0 aromatic rings. The minimum Gasteiger partial charge on any atom is -0.336 e. The third kappa shape index (κ3) is 4.10. The second-order valence-electron chi connectivity index (χ2n) is 4.83. The molecular weight excluding hydrogens is 188 g/mol. The molecule has 88 valence electrons. The summed E-state index contributed by atoms with van der Waals surface area (Å²) in [6.07, 6.45) is 6.16. The largest absolute Gasteiger partial charge is 0.336 e. The van der Waals surface area contributed by atoms with Gasteiger partial charge in [0.25, 0.3) is 0 Å². The molecule has 0 heterocycles. The molecule has 1 rings (SSSR count). The molecule has 0 spiro atoms. The Labute approximate surface area is 93.0 Å². The van der Waals surface area contributed by atoms with E-state index in [9.17, 15) is 4.79 Å². The highest BCUT2D eigenvalue weighted by molar-refractivity contribution is 5.74. The summed E-state index contributed by atoms with van der Waals surface area (Å²) in [4.78, 5) is 11.6. The first-order valence-electron chi connectivity index (χ1n) is 6.20. The van der Waals surface area contributed by atoms with Crippen LogP contribution in [0.3, 0.4) is 0 Å². The maximum atomic E-state index is 11.6. The van der Waals surface area contributed by atoms with E-state index >= 15 is 0 Å². The van der Waals surface area contributed by atoms with E-state index in [-0.39, 0.29) is 12.1 Å². The van der Waals surface area contributed by atoms with Crippen molar-refractivity contribution in [3.05, 3.63) is 0 Å². The monoisotopic (exact) mass is 212 g/mol. The van der Waals surface area contributed by atoms with E-state index in [4.69, 9.17) is 0 Å². The number of hydrogen-bond acceptors (Lipinski definition) is 1. The van der Waals surface area contributed by atoms with Crippen molar-refractivity contribution in [1.82, 2.24) is 10.6 Å². The summed E-state index contributed by atoms with van der Waals surface area (Å²) in [6.45, 7) is 6.18. The molecule has 0 aromatic carbocycles. The summed E-state index contributed by atoms with van der Waals surface area (Å²) in [6, 6.07) is 0.603. The van der Waals surface area contributed by atoms with Gasteiger partial charge in [0.05, 0.1) is 0 Å². The van der Waals surface area contributed by atoms with Gasteiger partial charge in [-0.15, -0.1) is 0 Å². The Morgan fingerprint density at radius 3 is 2.60 bits per heavy atom. The van der Waals surface area contributed by atoms with E-state index in [2.05, 4.69) is 17.6 Å². The van der Waals surface area contributed by atoms with Crippen LogP contribution in [0.25, 0.3) is 0 Å². The Morgan fingerprint density at radius 1 is 1.33 bits per heavy atom. The normalized spacial score (nSPS) is 26.4. The molecular formula is C12H24N2O. The molecule has 1 aliphatic carbocycles. The Hall–Kier alpha value is -0.730. The molecule has 2 amide bonds. The Morgan fingerprint density at radius 2 is 2.00 bits per heavy atom. The van der Waals surface area contributed by atoms with E-state index < -0.39 is 0 Å². The number of nitrogens with one attached hydrogen (secondary N) is 2. The number of amides is 2. The lowest BCUT2D eigenvalue weighted by atomic mass is 9.83. The van der Waals surface area contributed by atoms with E-state index in [1.807, 2.05) is 13.8 Å². The first-order chi connectivity index (χ1) is 7.13. The van der Waals surface area contributed by atoms with Crippen molar-refractivity contribution in [3.63, 3.8) is 0 Å². The van der Waals surface area contributed by atoms with Gasteiger partial charge in [0.1, 0.15) is 0 Å². The fourth-order valence-electron chi connectivity index (χ4n) is 2.36. The molecule has 0 bridgehead atoms. The first-order valence-corrected chi connectivity index (χ1v) is 6.20. The van der Waals surface area contributed by atoms with Crippen LogP contribution in [-0.4, -0.2) is 18.1 Å². The lowest BCUT2D eigenvalue weighted by Gasteiger charge is -2.31. The van der Waals surface area contributed by atoms with Crippen molar-refractivity contribution in [3.8, 4) is 0 Å². The summed E-state index contributed by atoms with van der Waals surface area (Å²) in [5, 5.41) is 5.99. The van der Waals surface area contributed by atoms with E-state index in [0.29, 0.717) is 12.0 Å². The molecule has 0 radical (unpaired) electrons. The van der Waals surface area contributed by atoms with Crippen molar-refractivity contribution < 1.29 is 4.79 Å². The summed E-state index contributed by atoms with van der Waals surface area (Å²) < 4.78 is 0. The SMILES string of the molecule is CCC1CCCCC1NC(=O)NC(C)C. The van der Waals surface area contributed by atoms with Crippen LogP contribution in [0, 0.1) is 5.92 Å². The van der Waals surface area contributed by atoms with Gasteiger partial charge in [-0.05, 0) is 32.6 Å². The van der Waals surface area contributed by atoms with Gasteiger partial charge in [0.15, 0.2) is 0 Å². The third-order valence-corrected chi connectivity index (χ3v) is 3.17. The molecule has 15 heavy (non-hydrogen) atoms. The zero-order chi connectivity index (χ0) is 11.3. The van der Waals surface area contributed by atoms with Gasteiger partial charge in [0, 0.05) is 12.1 Å². The number of urea groups is 1. The topological polar surface area (TPSA) is 41.1 Å². The molecule has 1 saturated carbocycles. The summed E-state index contributed by atoms with van der Waals surface area (Å²) in [7, 11) is 0. The van der Waals surface area contributed by atoms with Crippen molar-refractivity contribution in [2.45, 2.75) is 65.0 Å². The fourth-order valence-corrected chi connectivity index (χ4v) is 2.36. The number of carbonyl (C=O) groups is 1. The molecule has 2 atom stereocenters. The summed E-state index contributed by atoms with van der Waals surface area (Å²) in [5.74, 6) is 0.677. The van der Waals surface area contributed by atoms with Gasteiger partial charge in [0.2, 0.25) is 0 Å². The second kappa shape index (κ2) is 5.99. The van der Waals surface area contributed by atoms with Crippen molar-refractivity contribution in [1.29, 1.82) is 0 Å². The van der Waals surface area contributed by atoms with Crippen molar-refractivity contribution >= 4 is 6.03 Å². The molecule has 3 nitrogen and oxygen atoms in total. The highest BCUT2D eigenvalue weighted by atomic mass is 16.2. The van der Waals surface area contributed by atoms with Crippen molar-refractivity contribution in [2.24, 2.45) is 5.92 Å². The van der Waals surface area contributed by atoms with Crippen LogP contribution in [0.15, 0.2) is 0 Å². The first kappa shape index (κ1) is 12.3. The molecule has 1 aliphatic rings. The predicted octanol–water partition coefficient (Wildman–Crippen LogP) is 2.66. The van der Waals surface area contributed by atoms with Crippen LogP contribution in [0.4, 0.5) is 4.79 Å². The van der Waals surface area contributed by atoms with Gasteiger partial charge in [-0.1, -0.05) is 26.2 Å². The molecule has 3 heteroatoms. The highest BCUT2D eigenvalue weighted by Gasteiger charge is 2.24. The van der Waals surface area contributed by atoms with Gasteiger partial charge in [-0.3, -0.25) is 0 Å². The minimum absolute atomic E-state index is 0.00431. The molecule has 1 fully saturated rings. The van der Waals surface area contributed by atoms with Crippen molar-refractivity contribution in [2.75, 3.05) is 0 Å². The second-order valence-corrected chi connectivity index (χ2v) is 4.83. The highest BCUT2D eigenvalue weighted by Crippen LogP contribution is 2.26. The van der Waals surface area contributed by atoms with E-state index in [1.165, 1.54) is 25.7 Å². The smallest absolute Gasteiger partial charge is 0.315 e. The molecule has 0 aromatic heterocycles. The van der Waals surface area contributed by atoms with Crippen LogP contribution >= 0.6 is 0 Å². The molecule has 2 N–H and O–H groups in total. The van der Waals surface area contributed by atoms with Crippen LogP contribution < -0.4 is 10.6 Å². The Kier molecular flexibility index (Phi) is 4.92. The lowest BCUT2D eigenvalue weighted by molar-refractivity contribution is 0.214. The Bertz CT molecular complexity index is 204. The van der Waals surface area contributed by atoms with Gasteiger partial charge in [-0.25, -0.2) is 4.79 Å². The molecule has 2 unspecified atom stereocenters. The zero-order valence-electron chi connectivity index (χ0n) is 10.2. The van der Waals surface area contributed by atoms with E-state index in [0.717, 1.165) is 6.42 Å². The number of rotatable bonds is 3. The van der Waals surface area contributed by atoms with Crippen LogP contribution in [0.5, 0.6) is 0 Å². The molecule has 0 aliphatic heterocycles. The summed E-state index contributed by atoms with van der Waals surface area (Å²) >= 11 is 0. The standard InChI is InChI=1S/C12H24N2O/c1-4-10-7-5-6-8-11(10)14-12(15)13-9(2)3/h9-11H,4-8H2,1-3H3,(H2,13,14,15). The zero-order valence-corrected chi connectivity index (χ0v) is 10.2. The van der Waals surface area contributed by atoms with Gasteiger partial charge in [-0.2, -0.15) is 0 Å². The minimum atomic E-state index is -0.00431. The fraction of sp³-hybridized carbons (Fsp3) is 0.917. The Balaban J connectivity index is 2.37. The quantitative estimate of drug-likeness (QED) is 0.742. The number of hydrogen-bond donors (Lipinski definition) is 2. The number of carbonyl (C=O) groups excluding carboxylic acids is 1. The maximum absolute atomic E-state index is 11.6. The predicted molar refractivity (Wildman–Crippen MR) is 62.8 cm³/mol. The maximum Gasteiger partial charge on any atom is 0.315 e. The van der Waals surface area contributed by atoms with Crippen LogP contribution in [0.2, 0.25) is 0 Å². The van der Waals surface area contributed by atoms with Gasteiger partial charge >= 0.3 is 6.03 Å². The van der Waals surface area contributed by atoms with E-state index in [1.54, 1.807) is 0 Å².